The van der Waals surface area contributed by atoms with Crippen molar-refractivity contribution in [1.82, 2.24) is 4.98 Å². The molecule has 1 nitrogen and oxygen atoms in total. The van der Waals surface area contributed by atoms with E-state index in [1.54, 1.807) is 0 Å². The van der Waals surface area contributed by atoms with Gasteiger partial charge in [-0.25, -0.2) is 0 Å². The van der Waals surface area contributed by atoms with Gasteiger partial charge in [-0.1, -0.05) is 37.6 Å². The van der Waals surface area contributed by atoms with Crippen LogP contribution in [0.25, 0.3) is 10.9 Å². The average molecular weight is 260 g/mol. The van der Waals surface area contributed by atoms with E-state index in [0.29, 0.717) is 5.92 Å². The number of fused-ring (bicyclic) bond motifs is 3. The van der Waals surface area contributed by atoms with Crippen LogP contribution in [-0.2, 0) is 12.8 Å². The van der Waals surface area contributed by atoms with Crippen LogP contribution >= 0.6 is 11.6 Å². The summed E-state index contributed by atoms with van der Waals surface area (Å²) in [5.74, 6) is 0.423. The topological polar surface area (TPSA) is 12.9 Å². The van der Waals surface area contributed by atoms with E-state index >= 15 is 0 Å². The molecule has 18 heavy (non-hydrogen) atoms. The molecule has 1 aliphatic carbocycles. The lowest BCUT2D eigenvalue weighted by Crippen LogP contribution is -2.05. The summed E-state index contributed by atoms with van der Waals surface area (Å²) in [5, 5.41) is 1.96. The van der Waals surface area contributed by atoms with Crippen LogP contribution in [0.1, 0.15) is 49.4 Å². The zero-order chi connectivity index (χ0) is 12.7. The van der Waals surface area contributed by atoms with Gasteiger partial charge in [0, 0.05) is 11.1 Å². The van der Waals surface area contributed by atoms with Crippen molar-refractivity contribution < 1.29 is 0 Å². The molecule has 0 radical (unpaired) electrons. The smallest absolute Gasteiger partial charge is 0.0755 e. The third-order valence-corrected chi connectivity index (χ3v) is 4.18. The van der Waals surface area contributed by atoms with E-state index in [1.165, 1.54) is 30.4 Å². The van der Waals surface area contributed by atoms with Gasteiger partial charge >= 0.3 is 0 Å². The van der Waals surface area contributed by atoms with Crippen LogP contribution in [0.15, 0.2) is 18.2 Å². The highest BCUT2D eigenvalue weighted by atomic mass is 35.5. The first-order chi connectivity index (χ1) is 8.66. The first-order valence-electron chi connectivity index (χ1n) is 6.77. The van der Waals surface area contributed by atoms with Crippen LogP contribution in [-0.4, -0.2) is 4.98 Å². The molecule has 0 unspecified atom stereocenters. The number of aromatic nitrogens is 1. The molecule has 0 fully saturated rings. The summed E-state index contributed by atoms with van der Waals surface area (Å²) >= 11 is 6.41. The summed E-state index contributed by atoms with van der Waals surface area (Å²) in [7, 11) is 0. The number of hydrogen-bond acceptors (Lipinski definition) is 1. The van der Waals surface area contributed by atoms with E-state index in [-0.39, 0.29) is 0 Å². The molecule has 0 spiro atoms. The monoisotopic (exact) mass is 259 g/mol. The van der Waals surface area contributed by atoms with Crippen molar-refractivity contribution in [3.8, 4) is 0 Å². The zero-order valence-electron chi connectivity index (χ0n) is 11.0. The van der Waals surface area contributed by atoms with Gasteiger partial charge in [-0.3, -0.25) is 4.98 Å². The summed E-state index contributed by atoms with van der Waals surface area (Å²) in [6.07, 6.45) is 4.92. The number of benzene rings is 1. The summed E-state index contributed by atoms with van der Waals surface area (Å²) in [6, 6.07) is 6.39. The highest BCUT2D eigenvalue weighted by Crippen LogP contribution is 2.33. The van der Waals surface area contributed by atoms with Crippen LogP contribution in [0.2, 0.25) is 5.02 Å². The number of aryl methyl sites for hydroxylation is 2. The fraction of sp³-hybridized carbons (Fsp3) is 0.438. The maximum atomic E-state index is 6.41. The molecule has 0 atom stereocenters. The molecule has 0 aliphatic heterocycles. The zero-order valence-corrected chi connectivity index (χ0v) is 11.7. The Morgan fingerprint density at radius 2 is 1.94 bits per heavy atom. The molecule has 0 N–H and O–H groups in total. The molecule has 1 heterocycles. The van der Waals surface area contributed by atoms with E-state index in [9.17, 15) is 0 Å². The summed E-state index contributed by atoms with van der Waals surface area (Å²) in [6.45, 7) is 4.33. The van der Waals surface area contributed by atoms with E-state index in [2.05, 4.69) is 26.0 Å². The Balaban J connectivity index is 2.31. The second-order valence-electron chi connectivity index (χ2n) is 5.49. The molecule has 1 aliphatic rings. The Labute approximate surface area is 113 Å². The lowest BCUT2D eigenvalue weighted by molar-refractivity contribution is 0.688. The fourth-order valence-electron chi connectivity index (χ4n) is 2.79. The van der Waals surface area contributed by atoms with Gasteiger partial charge in [0.25, 0.3) is 0 Å². The van der Waals surface area contributed by atoms with Crippen molar-refractivity contribution in [2.75, 3.05) is 0 Å². The van der Waals surface area contributed by atoms with Crippen LogP contribution < -0.4 is 0 Å². The largest absolute Gasteiger partial charge is 0.252 e. The second-order valence-corrected chi connectivity index (χ2v) is 5.90. The van der Waals surface area contributed by atoms with Crippen LogP contribution in [0.5, 0.6) is 0 Å². The van der Waals surface area contributed by atoms with E-state index in [1.807, 2.05) is 6.07 Å². The molecule has 0 amide bonds. The summed E-state index contributed by atoms with van der Waals surface area (Å²) in [4.78, 5) is 4.86. The maximum absolute atomic E-state index is 6.41. The molecule has 1 aromatic carbocycles. The van der Waals surface area contributed by atoms with Crippen molar-refractivity contribution in [2.45, 2.75) is 45.4 Å². The van der Waals surface area contributed by atoms with Crippen LogP contribution in [0.4, 0.5) is 0 Å². The Bertz CT molecular complexity index is 602. The number of halogens is 1. The molecule has 94 valence electrons. The van der Waals surface area contributed by atoms with Crippen molar-refractivity contribution in [1.29, 1.82) is 0 Å². The first-order valence-corrected chi connectivity index (χ1v) is 7.15. The molecule has 0 bridgehead atoms. The normalized spacial score (nSPS) is 15.1. The van der Waals surface area contributed by atoms with Crippen LogP contribution in [0, 0.1) is 0 Å². The van der Waals surface area contributed by atoms with Crippen molar-refractivity contribution in [3.05, 3.63) is 40.0 Å². The minimum atomic E-state index is 0.423. The molecular weight excluding hydrogens is 242 g/mol. The maximum Gasteiger partial charge on any atom is 0.0755 e. The van der Waals surface area contributed by atoms with Crippen molar-refractivity contribution >= 4 is 22.5 Å². The third-order valence-electron chi connectivity index (χ3n) is 3.87. The van der Waals surface area contributed by atoms with Gasteiger partial charge in [-0.15, -0.1) is 0 Å². The number of pyridine rings is 1. The quantitative estimate of drug-likeness (QED) is 0.711. The predicted molar refractivity (Wildman–Crippen MR) is 77.5 cm³/mol. The SMILES string of the molecule is CC(C)c1cc(Cl)c2ccc3c(c2n1)CCCC3. The summed E-state index contributed by atoms with van der Waals surface area (Å²) < 4.78 is 0. The Morgan fingerprint density at radius 1 is 1.17 bits per heavy atom. The minimum Gasteiger partial charge on any atom is -0.252 e. The summed E-state index contributed by atoms with van der Waals surface area (Å²) in [5.41, 5.74) is 5.15. The minimum absolute atomic E-state index is 0.423. The lowest BCUT2D eigenvalue weighted by atomic mass is 9.89. The molecular formula is C16H18ClN. The highest BCUT2D eigenvalue weighted by Gasteiger charge is 2.16. The lowest BCUT2D eigenvalue weighted by Gasteiger charge is -2.18. The number of rotatable bonds is 1. The average Bonchev–Trinajstić information content (AvgIpc) is 2.38. The predicted octanol–water partition coefficient (Wildman–Crippen LogP) is 4.89. The van der Waals surface area contributed by atoms with Gasteiger partial charge in [0.2, 0.25) is 0 Å². The van der Waals surface area contributed by atoms with Gasteiger partial charge in [0.05, 0.1) is 10.5 Å². The molecule has 1 aromatic heterocycles. The Hall–Kier alpha value is -1.08. The molecule has 0 saturated carbocycles. The number of nitrogens with zero attached hydrogens (tertiary/aromatic N) is 1. The second kappa shape index (κ2) is 4.55. The van der Waals surface area contributed by atoms with Gasteiger partial charge < -0.3 is 0 Å². The van der Waals surface area contributed by atoms with Gasteiger partial charge in [-0.2, -0.15) is 0 Å². The standard InChI is InChI=1S/C16H18ClN/c1-10(2)15-9-14(17)13-8-7-11-5-3-4-6-12(11)16(13)18-15/h7-10H,3-6H2,1-2H3. The van der Waals surface area contributed by atoms with Gasteiger partial charge in [-0.05, 0) is 48.8 Å². The van der Waals surface area contributed by atoms with Crippen molar-refractivity contribution in [3.63, 3.8) is 0 Å². The Kier molecular flexibility index (Phi) is 3.03. The molecule has 3 rings (SSSR count). The van der Waals surface area contributed by atoms with Crippen molar-refractivity contribution in [2.24, 2.45) is 0 Å². The molecule has 2 heteroatoms. The highest BCUT2D eigenvalue weighted by molar-refractivity contribution is 6.35. The van der Waals surface area contributed by atoms with E-state index in [4.69, 9.17) is 16.6 Å². The first kappa shape index (κ1) is 12.0. The molecule has 0 saturated heterocycles. The van der Waals surface area contributed by atoms with Crippen LogP contribution in [0.3, 0.4) is 0 Å². The van der Waals surface area contributed by atoms with Gasteiger partial charge in [0.1, 0.15) is 0 Å². The Morgan fingerprint density at radius 3 is 2.72 bits per heavy atom. The fourth-order valence-corrected chi connectivity index (χ4v) is 3.06. The number of hydrogen-bond donors (Lipinski definition) is 0. The van der Waals surface area contributed by atoms with Gasteiger partial charge in [0.15, 0.2) is 0 Å². The molecule has 2 aromatic rings. The van der Waals surface area contributed by atoms with E-state index in [0.717, 1.165) is 28.0 Å². The third kappa shape index (κ3) is 1.91. The van der Waals surface area contributed by atoms with E-state index < -0.39 is 0 Å².